The summed E-state index contributed by atoms with van der Waals surface area (Å²) in [7, 11) is -4.18. The number of hydrogen-bond acceptors (Lipinski definition) is 10. The number of carbonyl (C=O) groups is 1. The topological polar surface area (TPSA) is 194 Å². The highest BCUT2D eigenvalue weighted by Crippen LogP contribution is 2.35. The molecule has 0 aliphatic heterocycles. The van der Waals surface area contributed by atoms with Gasteiger partial charge < -0.3 is 10.2 Å². The van der Waals surface area contributed by atoms with Crippen molar-refractivity contribution in [3.8, 4) is 6.07 Å². The van der Waals surface area contributed by atoms with Crippen LogP contribution >= 0.6 is 0 Å². The molecule has 188 valence electrons. The highest BCUT2D eigenvalue weighted by molar-refractivity contribution is 7.84. The number of rotatable bonds is 9. The zero-order valence-electron chi connectivity index (χ0n) is 19.0. The quantitative estimate of drug-likeness (QED) is 0.327. The Bertz CT molecular complexity index is 1400. The van der Waals surface area contributed by atoms with Crippen molar-refractivity contribution >= 4 is 16.1 Å². The zero-order chi connectivity index (χ0) is 25.9. The summed E-state index contributed by atoms with van der Waals surface area (Å²) in [5, 5.41) is 39.1. The molecule has 3 aromatic rings. The van der Waals surface area contributed by atoms with Crippen LogP contribution in [0.1, 0.15) is 39.3 Å². The van der Waals surface area contributed by atoms with E-state index in [1.165, 1.54) is 12.5 Å². The van der Waals surface area contributed by atoms with Crippen LogP contribution in [0.2, 0.25) is 0 Å². The molecular formula is C23H24N6O6S. The molecule has 2 aromatic heterocycles. The van der Waals surface area contributed by atoms with Gasteiger partial charge in [0.15, 0.2) is 0 Å². The number of nitrogens with zero attached hydrogens (tertiary/aromatic N) is 5. The van der Waals surface area contributed by atoms with E-state index in [0.717, 1.165) is 5.56 Å². The molecule has 12 nitrogen and oxygen atoms in total. The summed E-state index contributed by atoms with van der Waals surface area (Å²) < 4.78 is 28.3. The first-order valence-electron chi connectivity index (χ1n) is 11.0. The number of ketones is 1. The van der Waals surface area contributed by atoms with Gasteiger partial charge in [0.1, 0.15) is 12.0 Å². The van der Waals surface area contributed by atoms with Crippen LogP contribution in [0.3, 0.4) is 0 Å². The van der Waals surface area contributed by atoms with E-state index < -0.39 is 40.1 Å². The van der Waals surface area contributed by atoms with Crippen molar-refractivity contribution in [3.63, 3.8) is 0 Å². The van der Waals surface area contributed by atoms with Crippen molar-refractivity contribution in [3.05, 3.63) is 77.1 Å². The van der Waals surface area contributed by atoms with Crippen molar-refractivity contribution in [2.75, 3.05) is 6.61 Å². The van der Waals surface area contributed by atoms with Crippen molar-refractivity contribution < 1.29 is 27.6 Å². The SMILES string of the molecule is N#Cc1cccc(Cn2ccc(C(=O)c3cncnc3C[C@@H]3C[C@H](COS(N)(=O)=O)[C@@H](O)[C@H]3O)n2)c1. The molecule has 4 atom stereocenters. The summed E-state index contributed by atoms with van der Waals surface area (Å²) in [5.74, 6) is -1.56. The Morgan fingerprint density at radius 2 is 2.03 bits per heavy atom. The lowest BCUT2D eigenvalue weighted by molar-refractivity contribution is -0.00334. The van der Waals surface area contributed by atoms with Crippen molar-refractivity contribution in [1.82, 2.24) is 19.7 Å². The molecule has 0 saturated heterocycles. The van der Waals surface area contributed by atoms with Crippen LogP contribution in [0.25, 0.3) is 0 Å². The molecule has 1 aliphatic carbocycles. The maximum absolute atomic E-state index is 13.2. The number of hydrogen-bond donors (Lipinski definition) is 3. The summed E-state index contributed by atoms with van der Waals surface area (Å²) in [5.41, 5.74) is 2.14. The fraction of sp³-hybridized carbons (Fsp3) is 0.348. The Morgan fingerprint density at radius 1 is 1.25 bits per heavy atom. The maximum Gasteiger partial charge on any atom is 0.333 e. The third kappa shape index (κ3) is 5.99. The van der Waals surface area contributed by atoms with Gasteiger partial charge in [-0.25, -0.2) is 15.1 Å². The summed E-state index contributed by atoms with van der Waals surface area (Å²) in [6.45, 7) is 0.00686. The van der Waals surface area contributed by atoms with Gasteiger partial charge >= 0.3 is 10.3 Å². The van der Waals surface area contributed by atoms with Gasteiger partial charge in [0, 0.05) is 18.3 Å². The van der Waals surface area contributed by atoms with E-state index in [0.29, 0.717) is 17.8 Å². The van der Waals surface area contributed by atoms with Crippen LogP contribution in [0.15, 0.2) is 49.1 Å². The first kappa shape index (κ1) is 25.5. The largest absolute Gasteiger partial charge is 0.390 e. The van der Waals surface area contributed by atoms with Crippen LogP contribution in [0, 0.1) is 23.2 Å². The highest BCUT2D eigenvalue weighted by Gasteiger charge is 2.42. The summed E-state index contributed by atoms with van der Waals surface area (Å²) in [6, 6.07) is 10.7. The van der Waals surface area contributed by atoms with E-state index in [-0.39, 0.29) is 30.7 Å². The number of aliphatic hydroxyl groups excluding tert-OH is 2. The highest BCUT2D eigenvalue weighted by atomic mass is 32.2. The molecular weight excluding hydrogens is 488 g/mol. The zero-order valence-corrected chi connectivity index (χ0v) is 19.8. The molecule has 13 heteroatoms. The van der Waals surface area contributed by atoms with Gasteiger partial charge in [-0.1, -0.05) is 12.1 Å². The third-order valence-corrected chi connectivity index (χ3v) is 6.60. The lowest BCUT2D eigenvalue weighted by Gasteiger charge is -2.17. The minimum Gasteiger partial charge on any atom is -0.390 e. The molecule has 36 heavy (non-hydrogen) atoms. The van der Waals surface area contributed by atoms with Crippen molar-refractivity contribution in [2.45, 2.75) is 31.6 Å². The predicted molar refractivity (Wildman–Crippen MR) is 124 cm³/mol. The molecule has 4 rings (SSSR count). The molecule has 1 saturated carbocycles. The Hall–Kier alpha value is -3.54. The minimum absolute atomic E-state index is 0.148. The summed E-state index contributed by atoms with van der Waals surface area (Å²) in [4.78, 5) is 21.4. The average molecular weight is 513 g/mol. The summed E-state index contributed by atoms with van der Waals surface area (Å²) >= 11 is 0. The van der Waals surface area contributed by atoms with Crippen LogP contribution in [0.4, 0.5) is 0 Å². The maximum atomic E-state index is 13.2. The molecule has 1 fully saturated rings. The Labute approximate surface area is 207 Å². The fourth-order valence-electron chi connectivity index (χ4n) is 4.37. The third-order valence-electron chi connectivity index (χ3n) is 6.14. The first-order valence-corrected chi connectivity index (χ1v) is 12.5. The number of aliphatic hydroxyl groups is 2. The lowest BCUT2D eigenvalue weighted by Crippen LogP contribution is -2.31. The molecule has 0 bridgehead atoms. The van der Waals surface area contributed by atoms with E-state index in [1.54, 1.807) is 35.1 Å². The predicted octanol–water partition coefficient (Wildman–Crippen LogP) is -0.0554. The van der Waals surface area contributed by atoms with E-state index in [1.807, 2.05) is 6.07 Å². The van der Waals surface area contributed by atoms with Gasteiger partial charge in [-0.3, -0.25) is 13.7 Å². The molecule has 0 radical (unpaired) electrons. The molecule has 0 spiro atoms. The van der Waals surface area contributed by atoms with E-state index in [4.69, 9.17) is 10.4 Å². The molecule has 0 unspecified atom stereocenters. The standard InChI is InChI=1S/C23H24N6O6S/c24-9-14-2-1-3-15(6-14)11-29-5-4-19(28-29)23(32)18-10-26-13-27-20(18)8-16-7-17(22(31)21(16)30)12-35-36(25,33)34/h1-6,10,13,16-17,21-22,30-31H,7-8,11-12H2,(H2,25,33,34)/t16-,17+,21-,22+/m0/s1. The molecule has 2 heterocycles. The van der Waals surface area contributed by atoms with Gasteiger partial charge in [-0.15, -0.1) is 0 Å². The van der Waals surface area contributed by atoms with Crippen molar-refractivity contribution in [2.24, 2.45) is 17.0 Å². The summed E-state index contributed by atoms with van der Waals surface area (Å²) in [6.07, 6.45) is 2.32. The number of aromatic nitrogens is 4. The fourth-order valence-corrected chi connectivity index (χ4v) is 4.73. The second kappa shape index (κ2) is 10.6. The van der Waals surface area contributed by atoms with Gasteiger partial charge in [0.25, 0.3) is 0 Å². The Kier molecular flexibility index (Phi) is 7.53. The Morgan fingerprint density at radius 3 is 2.78 bits per heavy atom. The smallest absolute Gasteiger partial charge is 0.333 e. The van der Waals surface area contributed by atoms with Crippen LogP contribution in [-0.2, 0) is 27.5 Å². The van der Waals surface area contributed by atoms with Gasteiger partial charge in [-0.05, 0) is 42.5 Å². The molecule has 1 aromatic carbocycles. The van der Waals surface area contributed by atoms with E-state index in [9.17, 15) is 23.4 Å². The van der Waals surface area contributed by atoms with Gasteiger partial charge in [0.05, 0.1) is 48.2 Å². The van der Waals surface area contributed by atoms with Gasteiger partial charge in [0.2, 0.25) is 5.78 Å². The Balaban J connectivity index is 1.48. The monoisotopic (exact) mass is 512 g/mol. The van der Waals surface area contributed by atoms with Gasteiger partial charge in [-0.2, -0.15) is 18.8 Å². The van der Waals surface area contributed by atoms with Crippen molar-refractivity contribution in [1.29, 1.82) is 5.26 Å². The van der Waals surface area contributed by atoms with Crippen LogP contribution < -0.4 is 5.14 Å². The minimum atomic E-state index is -4.18. The molecule has 1 aliphatic rings. The second-order valence-electron chi connectivity index (χ2n) is 8.64. The number of benzene rings is 1. The second-order valence-corrected chi connectivity index (χ2v) is 9.86. The molecule has 0 amide bonds. The van der Waals surface area contributed by atoms with E-state index in [2.05, 4.69) is 25.3 Å². The first-order chi connectivity index (χ1) is 17.1. The normalized spacial score (nSPS) is 21.8. The number of carbonyl (C=O) groups excluding carboxylic acids is 1. The molecule has 4 N–H and O–H groups in total. The van der Waals surface area contributed by atoms with Crippen LogP contribution in [0.5, 0.6) is 0 Å². The number of nitriles is 1. The lowest BCUT2D eigenvalue weighted by atomic mass is 9.95. The average Bonchev–Trinajstić information content (AvgIpc) is 3.42. The van der Waals surface area contributed by atoms with E-state index >= 15 is 0 Å². The van der Waals surface area contributed by atoms with Crippen LogP contribution in [-0.4, -0.2) is 63.0 Å². The number of nitrogens with two attached hydrogens (primary N) is 1.